The van der Waals surface area contributed by atoms with E-state index in [0.717, 1.165) is 28.3 Å². The number of rotatable bonds is 6. The fraction of sp³-hybridized carbons (Fsp3) is 0.316. The van der Waals surface area contributed by atoms with Crippen LogP contribution in [0, 0.1) is 13.8 Å². The first-order chi connectivity index (χ1) is 12.5. The molecule has 1 unspecified atom stereocenters. The molecule has 2 aromatic heterocycles. The molecule has 0 fully saturated rings. The van der Waals surface area contributed by atoms with Crippen molar-refractivity contribution in [1.29, 1.82) is 0 Å². The van der Waals surface area contributed by atoms with Crippen LogP contribution in [0.1, 0.15) is 36.8 Å². The molecule has 0 aliphatic heterocycles. The monoisotopic (exact) mass is 371 g/mol. The van der Waals surface area contributed by atoms with E-state index in [1.165, 1.54) is 11.3 Å². The lowest BCUT2D eigenvalue weighted by Gasteiger charge is -2.10. The fourth-order valence-corrected chi connectivity index (χ4v) is 3.58. The number of para-hydroxylation sites is 1. The van der Waals surface area contributed by atoms with Gasteiger partial charge >= 0.3 is 0 Å². The highest BCUT2D eigenvalue weighted by atomic mass is 32.1. The van der Waals surface area contributed by atoms with E-state index in [-0.39, 0.29) is 11.8 Å². The number of aryl methyl sites for hydroxylation is 2. The summed E-state index contributed by atoms with van der Waals surface area (Å²) in [4.78, 5) is 17.1. The lowest BCUT2D eigenvalue weighted by atomic mass is 9.99. The van der Waals surface area contributed by atoms with Gasteiger partial charge in [0.2, 0.25) is 5.91 Å². The van der Waals surface area contributed by atoms with Gasteiger partial charge in [0.25, 0.3) is 0 Å². The van der Waals surface area contributed by atoms with Gasteiger partial charge in [-0.3, -0.25) is 4.79 Å². The smallest absolute Gasteiger partial charge is 0.233 e. The first-order valence-corrected chi connectivity index (χ1v) is 9.30. The molecule has 3 aromatic rings. The topological polar surface area (TPSA) is 77.2 Å². The summed E-state index contributed by atoms with van der Waals surface area (Å²) in [5.74, 6) is 0.931. The summed E-state index contributed by atoms with van der Waals surface area (Å²) in [6.45, 7) is 8.01. The maximum Gasteiger partial charge on any atom is 0.233 e. The van der Waals surface area contributed by atoms with E-state index in [9.17, 15) is 4.79 Å². The normalized spacial score (nSPS) is 12.0. The Morgan fingerprint density at radius 3 is 2.81 bits per heavy atom. The largest absolute Gasteiger partial charge is 0.493 e. The van der Waals surface area contributed by atoms with Gasteiger partial charge in [-0.1, -0.05) is 17.3 Å². The second-order valence-corrected chi connectivity index (χ2v) is 6.77. The molecular weight excluding hydrogens is 350 g/mol. The van der Waals surface area contributed by atoms with E-state index in [4.69, 9.17) is 9.26 Å². The van der Waals surface area contributed by atoms with Gasteiger partial charge in [0.05, 0.1) is 23.9 Å². The Morgan fingerprint density at radius 2 is 2.12 bits per heavy atom. The lowest BCUT2D eigenvalue weighted by Crippen LogP contribution is -2.19. The van der Waals surface area contributed by atoms with Crippen LogP contribution in [0.25, 0.3) is 11.3 Å². The predicted molar refractivity (Wildman–Crippen MR) is 102 cm³/mol. The highest BCUT2D eigenvalue weighted by Crippen LogP contribution is 2.33. The van der Waals surface area contributed by atoms with Gasteiger partial charge in [-0.05, 0) is 39.8 Å². The van der Waals surface area contributed by atoms with Gasteiger partial charge in [-0.2, -0.15) is 0 Å². The van der Waals surface area contributed by atoms with Crippen molar-refractivity contribution in [3.8, 4) is 17.0 Å². The number of thiazole rings is 1. The van der Waals surface area contributed by atoms with E-state index in [1.54, 1.807) is 0 Å². The summed E-state index contributed by atoms with van der Waals surface area (Å²) >= 11 is 1.38. The van der Waals surface area contributed by atoms with E-state index in [2.05, 4.69) is 15.5 Å². The Kier molecular flexibility index (Phi) is 5.37. The Labute approximate surface area is 156 Å². The second kappa shape index (κ2) is 7.70. The number of carbonyl (C=O) groups is 1. The van der Waals surface area contributed by atoms with Crippen molar-refractivity contribution in [2.24, 2.45) is 0 Å². The minimum absolute atomic E-state index is 0.140. The number of benzene rings is 1. The van der Waals surface area contributed by atoms with Crippen LogP contribution in [0.2, 0.25) is 0 Å². The van der Waals surface area contributed by atoms with Crippen LogP contribution >= 0.6 is 11.3 Å². The summed E-state index contributed by atoms with van der Waals surface area (Å²) < 4.78 is 10.8. The third kappa shape index (κ3) is 3.62. The maximum atomic E-state index is 12.6. The number of aromatic nitrogens is 2. The molecule has 0 aliphatic carbocycles. The van der Waals surface area contributed by atoms with Crippen LogP contribution in [-0.4, -0.2) is 22.7 Å². The van der Waals surface area contributed by atoms with E-state index in [0.29, 0.717) is 17.5 Å². The zero-order valence-electron chi connectivity index (χ0n) is 15.2. The molecule has 1 atom stereocenters. The van der Waals surface area contributed by atoms with Gasteiger partial charge in [0, 0.05) is 16.5 Å². The standard InChI is InChI=1S/C19H21N3O3S/c1-5-24-16-9-7-6-8-14(16)15-10-26-19(20-15)21-18(23)11(2)17-12(3)22-25-13(17)4/h6-11H,5H2,1-4H3,(H,20,21,23). The summed E-state index contributed by atoms with van der Waals surface area (Å²) in [5, 5.41) is 9.26. The van der Waals surface area contributed by atoms with Crippen molar-refractivity contribution >= 4 is 22.4 Å². The predicted octanol–water partition coefficient (Wildman–Crippen LogP) is 4.56. The summed E-state index contributed by atoms with van der Waals surface area (Å²) in [5.41, 5.74) is 3.24. The Bertz CT molecular complexity index is 897. The van der Waals surface area contributed by atoms with E-state index >= 15 is 0 Å². The molecule has 2 heterocycles. The molecule has 7 heteroatoms. The lowest BCUT2D eigenvalue weighted by molar-refractivity contribution is -0.117. The molecular formula is C19H21N3O3S. The third-order valence-corrected chi connectivity index (χ3v) is 4.87. The average molecular weight is 371 g/mol. The number of nitrogens with zero attached hydrogens (tertiary/aromatic N) is 2. The SMILES string of the molecule is CCOc1ccccc1-c1csc(NC(=O)C(C)c2c(C)noc2C)n1. The molecule has 0 saturated heterocycles. The minimum atomic E-state index is -0.371. The number of hydrogen-bond acceptors (Lipinski definition) is 6. The summed E-state index contributed by atoms with van der Waals surface area (Å²) in [6.07, 6.45) is 0. The first kappa shape index (κ1) is 18.1. The molecule has 1 N–H and O–H groups in total. The van der Waals surface area contributed by atoms with Crippen LogP contribution < -0.4 is 10.1 Å². The van der Waals surface area contributed by atoms with Crippen molar-refractivity contribution in [3.05, 3.63) is 46.7 Å². The molecule has 6 nitrogen and oxygen atoms in total. The molecule has 0 spiro atoms. The summed E-state index contributed by atoms with van der Waals surface area (Å²) in [6, 6.07) is 7.73. The van der Waals surface area contributed by atoms with Crippen molar-refractivity contribution < 1.29 is 14.1 Å². The van der Waals surface area contributed by atoms with Crippen LogP contribution in [0.4, 0.5) is 5.13 Å². The minimum Gasteiger partial charge on any atom is -0.493 e. The quantitative estimate of drug-likeness (QED) is 0.687. The highest BCUT2D eigenvalue weighted by molar-refractivity contribution is 7.14. The molecule has 1 aromatic carbocycles. The van der Waals surface area contributed by atoms with E-state index < -0.39 is 0 Å². The fourth-order valence-electron chi connectivity index (χ4n) is 2.87. The Balaban J connectivity index is 1.78. The van der Waals surface area contributed by atoms with Gasteiger partial charge < -0.3 is 14.6 Å². The molecule has 136 valence electrons. The van der Waals surface area contributed by atoms with Gasteiger partial charge in [0.1, 0.15) is 11.5 Å². The molecule has 0 aliphatic rings. The first-order valence-electron chi connectivity index (χ1n) is 8.42. The van der Waals surface area contributed by atoms with Crippen molar-refractivity contribution in [2.45, 2.75) is 33.6 Å². The molecule has 1 amide bonds. The number of ether oxygens (including phenoxy) is 1. The van der Waals surface area contributed by atoms with Crippen molar-refractivity contribution in [3.63, 3.8) is 0 Å². The van der Waals surface area contributed by atoms with Crippen molar-refractivity contribution in [1.82, 2.24) is 10.1 Å². The van der Waals surface area contributed by atoms with Crippen LogP contribution in [0.3, 0.4) is 0 Å². The van der Waals surface area contributed by atoms with Crippen LogP contribution in [0.5, 0.6) is 5.75 Å². The number of anilines is 1. The van der Waals surface area contributed by atoms with Gasteiger partial charge in [-0.25, -0.2) is 4.98 Å². The second-order valence-electron chi connectivity index (χ2n) is 5.92. The van der Waals surface area contributed by atoms with E-state index in [1.807, 2.05) is 57.3 Å². The van der Waals surface area contributed by atoms with Crippen LogP contribution in [-0.2, 0) is 4.79 Å². The van der Waals surface area contributed by atoms with Gasteiger partial charge in [-0.15, -0.1) is 11.3 Å². The maximum absolute atomic E-state index is 12.6. The number of amides is 1. The number of carbonyl (C=O) groups excluding carboxylic acids is 1. The molecule has 0 saturated carbocycles. The third-order valence-electron chi connectivity index (χ3n) is 4.11. The Morgan fingerprint density at radius 1 is 1.35 bits per heavy atom. The molecule has 0 bridgehead atoms. The molecule has 0 radical (unpaired) electrons. The number of nitrogens with one attached hydrogen (secondary N) is 1. The van der Waals surface area contributed by atoms with Crippen LogP contribution in [0.15, 0.2) is 34.2 Å². The zero-order chi connectivity index (χ0) is 18.7. The Hall–Kier alpha value is -2.67. The molecule has 3 rings (SSSR count). The van der Waals surface area contributed by atoms with Crippen molar-refractivity contribution in [2.75, 3.05) is 11.9 Å². The molecule has 26 heavy (non-hydrogen) atoms. The highest BCUT2D eigenvalue weighted by Gasteiger charge is 2.23. The number of hydrogen-bond donors (Lipinski definition) is 1. The zero-order valence-corrected chi connectivity index (χ0v) is 16.0. The summed E-state index contributed by atoms with van der Waals surface area (Å²) in [7, 11) is 0. The average Bonchev–Trinajstić information content (AvgIpc) is 3.22. The van der Waals surface area contributed by atoms with Gasteiger partial charge in [0.15, 0.2) is 5.13 Å².